The zero-order valence-electron chi connectivity index (χ0n) is 28.2. The molecular formula is C67H168NO12-. The zero-order chi connectivity index (χ0) is 35.6. The van der Waals surface area contributed by atoms with E-state index < -0.39 is 52.9 Å². The van der Waals surface area contributed by atoms with Crippen LogP contribution in [0.3, 0.4) is 0 Å². The predicted octanol–water partition coefficient (Wildman–Crippen LogP) is 22.8. The molecule has 13 nitrogen and oxygen atoms in total. The predicted molar refractivity (Wildman–Crippen MR) is 381 cm³/mol. The third-order valence-electron chi connectivity index (χ3n) is 9.74. The Morgan fingerprint density at radius 3 is 1.49 bits per heavy atom. The van der Waals surface area contributed by atoms with Gasteiger partial charge in [-0.2, -0.15) is 0 Å². The van der Waals surface area contributed by atoms with Gasteiger partial charge in [-0.05, 0) is 94.3 Å². The number of ether oxygens (including phenoxy) is 5. The Balaban J connectivity index is -0.0000000253. The Bertz CT molecular complexity index is 1610. The molecule has 1 aliphatic carbocycles. The number of para-hydroxylation sites is 1. The van der Waals surface area contributed by atoms with Crippen LogP contribution in [0.2, 0.25) is 0 Å². The molecule has 1 fully saturated rings. The summed E-state index contributed by atoms with van der Waals surface area (Å²) in [5.41, 5.74) is -1.60. The number of nitrogens with zero attached hydrogens (tertiary/aromatic N) is 1. The van der Waals surface area contributed by atoms with Gasteiger partial charge >= 0.3 is 17.9 Å². The Labute approximate surface area is 513 Å². The number of carbonyl (C=O) groups is 3. The van der Waals surface area contributed by atoms with E-state index >= 15 is 0 Å². The molecule has 0 radical (unpaired) electrons. The number of carboxylic acid groups (broad SMARTS) is 1. The van der Waals surface area contributed by atoms with E-state index in [4.69, 9.17) is 28.8 Å². The lowest BCUT2D eigenvalue weighted by Gasteiger charge is -2.39. The molecular weight excluding hydrogens is 1010 g/mol. The van der Waals surface area contributed by atoms with Crippen LogP contribution in [0.25, 0.3) is 0 Å². The first kappa shape index (κ1) is 178. The van der Waals surface area contributed by atoms with Crippen LogP contribution in [0.5, 0.6) is 17.2 Å². The van der Waals surface area contributed by atoms with Gasteiger partial charge in [-0.1, -0.05) is 254 Å². The first-order valence-electron chi connectivity index (χ1n) is 16.4. The van der Waals surface area contributed by atoms with Crippen molar-refractivity contribution >= 4 is 17.9 Å². The Morgan fingerprint density at radius 2 is 1.10 bits per heavy atom. The summed E-state index contributed by atoms with van der Waals surface area (Å²) in [5.74, 6) is -1.69. The highest BCUT2D eigenvalue weighted by Gasteiger charge is 2.59. The maximum atomic E-state index is 13.8. The van der Waals surface area contributed by atoms with Gasteiger partial charge < -0.3 is 44.1 Å². The summed E-state index contributed by atoms with van der Waals surface area (Å²) in [6.45, 7) is 5.21. The second-order valence-corrected chi connectivity index (χ2v) is 13.5. The molecule has 0 bridgehead atoms. The van der Waals surface area contributed by atoms with Crippen molar-refractivity contribution in [1.82, 2.24) is 4.90 Å². The van der Waals surface area contributed by atoms with Gasteiger partial charge in [0.1, 0.15) is 5.76 Å². The van der Waals surface area contributed by atoms with Crippen molar-refractivity contribution in [1.29, 1.82) is 0 Å². The minimum Gasteiger partial charge on any atom is -0.872 e. The number of fused-ring (bicyclic) bond motifs is 3. The van der Waals surface area contributed by atoms with Gasteiger partial charge in [0.25, 0.3) is 0 Å². The molecule has 0 amide bonds. The SMILES string of the molecule is C.C.C.C.C.C.C.C.C.C.C.C.C.C.C.C.C.C.C.C.C.C.C.C.C.C.C.C.C.C.C.COC(=O)C[C@@](O)(CCCC(C)(C)O)C(=O)O[C@@H]1C(OC)=C[C@]23CCCN2CCc2cc4c(cc2[C@H]13)OCO4.O=C(O)c1ccccc1[O-]. The molecule has 0 aromatic heterocycles. The number of esters is 2. The van der Waals surface area contributed by atoms with Crippen LogP contribution in [0.15, 0.2) is 48.2 Å². The molecule has 514 valence electrons. The molecule has 1 spiro atoms. The summed E-state index contributed by atoms with van der Waals surface area (Å²) in [6, 6.07) is 9.54. The van der Waals surface area contributed by atoms with Crippen molar-refractivity contribution in [2.45, 2.75) is 318 Å². The summed E-state index contributed by atoms with van der Waals surface area (Å²) in [7, 11) is 2.76. The first-order valence-corrected chi connectivity index (χ1v) is 16.4. The fourth-order valence-electron chi connectivity index (χ4n) is 7.35. The largest absolute Gasteiger partial charge is 0.872 e. The van der Waals surface area contributed by atoms with Crippen LogP contribution < -0.4 is 14.6 Å². The van der Waals surface area contributed by atoms with Crippen LogP contribution in [-0.2, 0) is 30.2 Å². The topological polar surface area (TPSA) is 184 Å². The van der Waals surface area contributed by atoms with Crippen LogP contribution in [0, 0.1) is 0 Å². The maximum Gasteiger partial charge on any atom is 0.339 e. The van der Waals surface area contributed by atoms with Gasteiger partial charge in [-0.3, -0.25) is 9.69 Å². The second-order valence-electron chi connectivity index (χ2n) is 13.5. The van der Waals surface area contributed by atoms with Gasteiger partial charge in [0.15, 0.2) is 23.2 Å². The molecule has 3 aliphatic heterocycles. The number of benzene rings is 2. The van der Waals surface area contributed by atoms with E-state index in [-0.39, 0.29) is 255 Å². The smallest absolute Gasteiger partial charge is 0.339 e. The highest BCUT2D eigenvalue weighted by Crippen LogP contribution is 2.55. The third kappa shape index (κ3) is 38.4. The van der Waals surface area contributed by atoms with E-state index in [1.165, 1.54) is 31.4 Å². The molecule has 2 aromatic rings. The van der Waals surface area contributed by atoms with Gasteiger partial charge in [-0.15, -0.1) is 0 Å². The average molecular weight is 1180 g/mol. The van der Waals surface area contributed by atoms with Gasteiger partial charge in [-0.25, -0.2) is 9.59 Å². The third-order valence-corrected chi connectivity index (χ3v) is 9.74. The first-order chi connectivity index (χ1) is 23.2. The van der Waals surface area contributed by atoms with Crippen LogP contribution in [-0.4, -0.2) is 95.1 Å². The van der Waals surface area contributed by atoms with Crippen molar-refractivity contribution in [3.8, 4) is 17.2 Å². The number of aliphatic hydroxyl groups is 2. The molecule has 0 saturated carbocycles. The maximum absolute atomic E-state index is 13.8. The van der Waals surface area contributed by atoms with E-state index in [2.05, 4.69) is 11.0 Å². The fourth-order valence-corrected chi connectivity index (χ4v) is 7.35. The number of aromatic carboxylic acids is 1. The van der Waals surface area contributed by atoms with Crippen molar-refractivity contribution in [2.75, 3.05) is 34.1 Å². The number of hydrogen-bond donors (Lipinski definition) is 3. The molecule has 0 unspecified atom stereocenters. The molecule has 3 heterocycles. The van der Waals surface area contributed by atoms with Gasteiger partial charge in [0.05, 0.1) is 43.3 Å². The standard InChI is InChI=1S/C29H39NO9.C7H6O3.31CH4/c1-27(2,33)8-5-10-29(34,16-23(31)36-4)26(32)39-25-22(35-3)15-28-9-6-11-30(28)12-7-18-13-20-21(38-17-37-20)14-19(18)24(25)28;8-6-4-2-1-3-5(6)7(9)10;;;;;;;;;;;;;;;;;;;;;;;;;;;;;;;/h13-15,24-25,33-34H,5-12,16-17H2,1-4H3;1-4,8H,(H,9,10);31*1H4/p-1/t24-,25-,28+,29+;;;;;;;;;;;;;;;;;;;;;;;;;;;;;;;;/m1................................/s1. The van der Waals surface area contributed by atoms with Crippen LogP contribution >= 0.6 is 0 Å². The van der Waals surface area contributed by atoms with E-state index in [0.29, 0.717) is 30.1 Å². The highest BCUT2D eigenvalue weighted by atomic mass is 16.7. The van der Waals surface area contributed by atoms with Crippen molar-refractivity contribution in [3.05, 3.63) is 64.9 Å². The van der Waals surface area contributed by atoms with Crippen molar-refractivity contribution < 1.29 is 58.5 Å². The molecule has 4 atom stereocenters. The van der Waals surface area contributed by atoms with Crippen LogP contribution in [0.4, 0.5) is 0 Å². The molecule has 1 saturated heterocycles. The molecule has 6 rings (SSSR count). The van der Waals surface area contributed by atoms with E-state index in [9.17, 15) is 29.7 Å². The number of rotatable bonds is 10. The minimum absolute atomic E-state index is 0. The summed E-state index contributed by atoms with van der Waals surface area (Å²) < 4.78 is 28.1. The quantitative estimate of drug-likeness (QED) is 0.191. The van der Waals surface area contributed by atoms with Crippen molar-refractivity contribution in [3.63, 3.8) is 0 Å². The summed E-state index contributed by atoms with van der Waals surface area (Å²) in [5, 5.41) is 40.7. The molecule has 3 N–H and O–H groups in total. The molecule has 13 heteroatoms. The highest BCUT2D eigenvalue weighted by molar-refractivity contribution is 5.90. The number of hydrogen-bond acceptors (Lipinski definition) is 12. The zero-order valence-corrected chi connectivity index (χ0v) is 28.2. The second kappa shape index (κ2) is 72.7. The minimum atomic E-state index is -2.12. The number of carboxylic acids is 1. The van der Waals surface area contributed by atoms with E-state index in [0.717, 1.165) is 43.5 Å². The summed E-state index contributed by atoms with van der Waals surface area (Å²) in [6.07, 6.45) is 3.94. The van der Waals surface area contributed by atoms with Crippen LogP contribution in [0.1, 0.15) is 310 Å². The Morgan fingerprint density at radius 1 is 0.662 bits per heavy atom. The lowest BCUT2D eigenvalue weighted by molar-refractivity contribution is -0.268. The number of carbonyl (C=O) groups excluding carboxylic acids is 2. The van der Waals surface area contributed by atoms with Crippen molar-refractivity contribution in [2.24, 2.45) is 0 Å². The van der Waals surface area contributed by atoms with Gasteiger partial charge in [0.2, 0.25) is 6.79 Å². The lowest BCUT2D eigenvalue weighted by Crippen LogP contribution is -2.49. The van der Waals surface area contributed by atoms with E-state index in [1.807, 2.05) is 12.1 Å². The average Bonchev–Trinajstić information content (AvgIpc) is 3.74. The van der Waals surface area contributed by atoms with Gasteiger partial charge in [0, 0.05) is 6.54 Å². The molecule has 4 aliphatic rings. The summed E-state index contributed by atoms with van der Waals surface area (Å²) >= 11 is 0. The molecule has 2 aromatic carbocycles. The monoisotopic (exact) mass is 1180 g/mol. The van der Waals surface area contributed by atoms with E-state index in [1.54, 1.807) is 21.0 Å². The Kier molecular flexibility index (Phi) is 162. The number of methoxy groups -OCH3 is 2. The Hall–Kier alpha value is -4.33. The fraction of sp³-hybridized carbons (Fsp3) is 0.746. The molecule has 80 heavy (non-hydrogen) atoms. The normalized spacial score (nSPS) is 14.3. The summed E-state index contributed by atoms with van der Waals surface area (Å²) in [4.78, 5) is 38.6. The lowest BCUT2D eigenvalue weighted by atomic mass is 9.77.